The van der Waals surface area contributed by atoms with Gasteiger partial charge < -0.3 is 15.4 Å². The normalized spacial score (nSPS) is 10.4. The maximum atomic E-state index is 12.4. The average Bonchev–Trinajstić information content (AvgIpc) is 3.07. The van der Waals surface area contributed by atoms with Gasteiger partial charge in [0, 0.05) is 35.2 Å². The molecule has 0 radical (unpaired) electrons. The third-order valence-corrected chi connectivity index (χ3v) is 4.56. The van der Waals surface area contributed by atoms with Crippen LogP contribution in [0.4, 0.5) is 11.4 Å². The zero-order valence-corrected chi connectivity index (χ0v) is 16.4. The number of aromatic nitrogens is 2. The molecular weight excluding hydrogens is 380 g/mol. The van der Waals surface area contributed by atoms with Crippen molar-refractivity contribution in [3.8, 4) is 5.88 Å². The predicted molar refractivity (Wildman–Crippen MR) is 108 cm³/mol. The Morgan fingerprint density at radius 2 is 1.79 bits per heavy atom. The number of rotatable bonds is 5. The van der Waals surface area contributed by atoms with Crippen LogP contribution in [-0.4, -0.2) is 28.7 Å². The second-order valence-electron chi connectivity index (χ2n) is 6.12. The molecular formula is C20H19ClN4O3. The van der Waals surface area contributed by atoms with E-state index in [-0.39, 0.29) is 17.7 Å². The molecule has 1 heterocycles. The Balaban J connectivity index is 1.70. The minimum Gasteiger partial charge on any atom is -0.479 e. The summed E-state index contributed by atoms with van der Waals surface area (Å²) >= 11 is 6.08. The first kappa shape index (κ1) is 19.4. The summed E-state index contributed by atoms with van der Waals surface area (Å²) in [5.74, 6) is -0.373. The molecule has 0 fully saturated rings. The molecule has 0 saturated heterocycles. The number of hydrogen-bond donors (Lipinski definition) is 2. The second kappa shape index (κ2) is 8.14. The lowest BCUT2D eigenvalue weighted by atomic mass is 10.1. The van der Waals surface area contributed by atoms with E-state index in [9.17, 15) is 9.59 Å². The number of carbonyl (C=O) groups is 2. The molecule has 0 saturated carbocycles. The Hall–Kier alpha value is -3.32. The highest BCUT2D eigenvalue weighted by Crippen LogP contribution is 2.24. The van der Waals surface area contributed by atoms with E-state index in [1.807, 2.05) is 6.92 Å². The van der Waals surface area contributed by atoms with Crippen molar-refractivity contribution in [2.24, 2.45) is 7.05 Å². The van der Waals surface area contributed by atoms with E-state index in [1.54, 1.807) is 55.7 Å². The maximum absolute atomic E-state index is 12.4. The molecule has 2 aromatic carbocycles. The van der Waals surface area contributed by atoms with Crippen LogP contribution in [0.2, 0.25) is 5.02 Å². The van der Waals surface area contributed by atoms with Gasteiger partial charge in [-0.05, 0) is 48.9 Å². The Kier molecular flexibility index (Phi) is 5.65. The van der Waals surface area contributed by atoms with Crippen molar-refractivity contribution in [2.45, 2.75) is 6.92 Å². The number of hydrogen-bond acceptors (Lipinski definition) is 4. The quantitative estimate of drug-likeness (QED) is 0.682. The summed E-state index contributed by atoms with van der Waals surface area (Å²) in [6.45, 7) is 1.84. The van der Waals surface area contributed by atoms with Crippen molar-refractivity contribution in [1.29, 1.82) is 0 Å². The van der Waals surface area contributed by atoms with Crippen molar-refractivity contribution in [3.05, 3.63) is 70.4 Å². The van der Waals surface area contributed by atoms with Crippen LogP contribution in [0.3, 0.4) is 0 Å². The van der Waals surface area contributed by atoms with Gasteiger partial charge in [0.1, 0.15) is 5.56 Å². The highest BCUT2D eigenvalue weighted by molar-refractivity contribution is 6.31. The summed E-state index contributed by atoms with van der Waals surface area (Å²) in [7, 11) is 3.16. The van der Waals surface area contributed by atoms with E-state index in [1.165, 1.54) is 11.8 Å². The number of halogens is 1. The van der Waals surface area contributed by atoms with Crippen LogP contribution < -0.4 is 15.4 Å². The van der Waals surface area contributed by atoms with Gasteiger partial charge in [0.2, 0.25) is 5.88 Å². The molecule has 0 atom stereocenters. The molecule has 8 heteroatoms. The van der Waals surface area contributed by atoms with Gasteiger partial charge in [-0.2, -0.15) is 0 Å². The largest absolute Gasteiger partial charge is 0.479 e. The van der Waals surface area contributed by atoms with Crippen LogP contribution in [-0.2, 0) is 7.05 Å². The van der Waals surface area contributed by atoms with Crippen LogP contribution in [0.5, 0.6) is 5.88 Å². The van der Waals surface area contributed by atoms with Crippen LogP contribution in [0.15, 0.2) is 48.7 Å². The number of nitrogens with one attached hydrogen (secondary N) is 2. The Bertz CT molecular complexity index is 1030. The number of nitrogens with zero attached hydrogens (tertiary/aromatic N) is 2. The molecule has 1 aromatic heterocycles. The number of anilines is 2. The highest BCUT2D eigenvalue weighted by atomic mass is 35.5. The lowest BCUT2D eigenvalue weighted by Crippen LogP contribution is -2.14. The summed E-state index contributed by atoms with van der Waals surface area (Å²) in [5, 5.41) is 10.2. The first-order valence-electron chi connectivity index (χ1n) is 8.44. The third kappa shape index (κ3) is 4.15. The molecule has 0 aliphatic rings. The molecule has 7 nitrogen and oxygen atoms in total. The molecule has 2 N–H and O–H groups in total. The van der Waals surface area contributed by atoms with Gasteiger partial charge in [0.25, 0.3) is 11.8 Å². The fourth-order valence-corrected chi connectivity index (χ4v) is 2.79. The topological polar surface area (TPSA) is 85.2 Å². The SMILES string of the molecule is COc1nn(C)cc1C(=O)Nc1ccc(C(=O)Nc2cccc(Cl)c2C)cc1. The van der Waals surface area contributed by atoms with Crippen LogP contribution in [0, 0.1) is 6.92 Å². The van der Waals surface area contributed by atoms with Crippen molar-refractivity contribution < 1.29 is 14.3 Å². The number of amides is 2. The summed E-state index contributed by atoms with van der Waals surface area (Å²) < 4.78 is 6.59. The number of ether oxygens (including phenoxy) is 1. The van der Waals surface area contributed by atoms with E-state index in [2.05, 4.69) is 15.7 Å². The Labute approximate surface area is 167 Å². The first-order valence-corrected chi connectivity index (χ1v) is 8.82. The molecule has 0 bridgehead atoms. The van der Waals surface area contributed by atoms with E-state index in [0.29, 0.717) is 27.5 Å². The summed E-state index contributed by atoms with van der Waals surface area (Å²) in [6.07, 6.45) is 1.57. The van der Waals surface area contributed by atoms with Gasteiger partial charge in [-0.1, -0.05) is 17.7 Å². The molecule has 28 heavy (non-hydrogen) atoms. The fraction of sp³-hybridized carbons (Fsp3) is 0.150. The molecule has 0 spiro atoms. The Morgan fingerprint density at radius 1 is 1.07 bits per heavy atom. The number of aryl methyl sites for hydroxylation is 1. The molecule has 144 valence electrons. The van der Waals surface area contributed by atoms with Crippen LogP contribution >= 0.6 is 11.6 Å². The molecule has 0 unspecified atom stereocenters. The number of benzene rings is 2. The van der Waals surface area contributed by atoms with E-state index in [0.717, 1.165) is 5.56 Å². The lowest BCUT2D eigenvalue weighted by molar-refractivity contribution is 0.101. The minimum atomic E-state index is -0.350. The molecule has 3 rings (SSSR count). The predicted octanol–water partition coefficient (Wildman–Crippen LogP) is 3.90. The maximum Gasteiger partial charge on any atom is 0.262 e. The van der Waals surface area contributed by atoms with Crippen LogP contribution in [0.25, 0.3) is 0 Å². The third-order valence-electron chi connectivity index (χ3n) is 4.15. The monoisotopic (exact) mass is 398 g/mol. The van der Waals surface area contributed by atoms with Gasteiger partial charge in [-0.15, -0.1) is 5.10 Å². The number of methoxy groups -OCH3 is 1. The molecule has 0 aliphatic heterocycles. The van der Waals surface area contributed by atoms with Crippen molar-refractivity contribution in [2.75, 3.05) is 17.7 Å². The van der Waals surface area contributed by atoms with Crippen molar-refractivity contribution in [1.82, 2.24) is 9.78 Å². The second-order valence-corrected chi connectivity index (χ2v) is 6.53. The fourth-order valence-electron chi connectivity index (χ4n) is 2.62. The first-order chi connectivity index (χ1) is 13.4. The smallest absolute Gasteiger partial charge is 0.262 e. The minimum absolute atomic E-state index is 0.243. The zero-order valence-electron chi connectivity index (χ0n) is 15.6. The zero-order chi connectivity index (χ0) is 20.3. The highest BCUT2D eigenvalue weighted by Gasteiger charge is 2.17. The van der Waals surface area contributed by atoms with E-state index >= 15 is 0 Å². The number of carbonyl (C=O) groups excluding carboxylic acids is 2. The molecule has 2 amide bonds. The summed E-state index contributed by atoms with van der Waals surface area (Å²) in [5.41, 5.74) is 2.77. The van der Waals surface area contributed by atoms with Gasteiger partial charge in [-0.3, -0.25) is 14.3 Å². The van der Waals surface area contributed by atoms with Crippen LogP contribution in [0.1, 0.15) is 26.3 Å². The summed E-state index contributed by atoms with van der Waals surface area (Å²) in [4.78, 5) is 24.9. The van der Waals surface area contributed by atoms with Crippen molar-refractivity contribution in [3.63, 3.8) is 0 Å². The van der Waals surface area contributed by atoms with E-state index < -0.39 is 0 Å². The lowest BCUT2D eigenvalue weighted by Gasteiger charge is -2.10. The van der Waals surface area contributed by atoms with Gasteiger partial charge in [-0.25, -0.2) is 0 Å². The molecule has 3 aromatic rings. The van der Waals surface area contributed by atoms with Gasteiger partial charge in [0.15, 0.2) is 0 Å². The Morgan fingerprint density at radius 3 is 2.46 bits per heavy atom. The van der Waals surface area contributed by atoms with Gasteiger partial charge in [0.05, 0.1) is 7.11 Å². The van der Waals surface area contributed by atoms with Gasteiger partial charge >= 0.3 is 0 Å². The standard InChI is InChI=1S/C20H19ClN4O3/c1-12-16(21)5-4-6-17(12)23-18(26)13-7-9-14(10-8-13)22-19(27)15-11-25(2)24-20(15)28-3/h4-11H,1-3H3,(H,22,27)(H,23,26). The average molecular weight is 399 g/mol. The van der Waals surface area contributed by atoms with Crippen molar-refractivity contribution >= 4 is 34.8 Å². The van der Waals surface area contributed by atoms with E-state index in [4.69, 9.17) is 16.3 Å². The molecule has 0 aliphatic carbocycles. The summed E-state index contributed by atoms with van der Waals surface area (Å²) in [6, 6.07) is 11.9.